The van der Waals surface area contributed by atoms with Crippen LogP contribution >= 0.6 is 0 Å². The molecular formula is C38H47N5O11S. The number of para-hydroxylation sites is 1. The summed E-state index contributed by atoms with van der Waals surface area (Å²) in [6.07, 6.45) is 2.82. The molecule has 17 heteroatoms. The SMILES string of the molecule is CC(C)(C)OC(=O)N[C@H]1COCCC/C=C\[C@H]2C[C@@]2(C(=O)NS(=O)(=O)C2CC2)NC(=O)[C@@H]2C[C@@H](OC(=O)Nc3ccc(Oc4ccccc4)cc3)CN2C1=O. The van der Waals surface area contributed by atoms with E-state index in [0.29, 0.717) is 42.9 Å². The number of carbonyl (C=O) groups excluding carboxylic acids is 5. The van der Waals surface area contributed by atoms with Crippen molar-refractivity contribution in [3.05, 3.63) is 66.7 Å². The van der Waals surface area contributed by atoms with Crippen molar-refractivity contribution in [2.45, 2.75) is 93.9 Å². The van der Waals surface area contributed by atoms with Crippen LogP contribution in [-0.4, -0.2) is 97.6 Å². The number of benzene rings is 2. The van der Waals surface area contributed by atoms with Gasteiger partial charge >= 0.3 is 12.2 Å². The standard InChI is InChI=1S/C38H47N5O11S/c1-37(2,3)54-36(48)40-30-23-51-19-9-5-6-10-24-21-38(24,34(46)42-55(49,50)29-17-18-29)41-32(44)31-20-28(22-43(31)33(30)45)53-35(47)39-25-13-15-27(16-14-25)52-26-11-7-4-8-12-26/h4,6-8,10-16,24,28-31H,5,9,17-23H2,1-3H3,(H,39,47)(H,40,48)(H,41,44)(H,42,46)/b10-6-/t24-,28+,30-,31-,38+/m0/s1. The van der Waals surface area contributed by atoms with E-state index in [0.717, 1.165) is 0 Å². The third-order valence-corrected chi connectivity index (χ3v) is 11.3. The number of nitrogens with one attached hydrogen (secondary N) is 4. The Bertz CT molecular complexity index is 1900. The molecule has 0 bridgehead atoms. The van der Waals surface area contributed by atoms with E-state index in [2.05, 4.69) is 20.7 Å². The summed E-state index contributed by atoms with van der Waals surface area (Å²) < 4.78 is 50.4. The van der Waals surface area contributed by atoms with E-state index in [4.69, 9.17) is 18.9 Å². The number of fused-ring (bicyclic) bond motifs is 2. The molecule has 2 aromatic rings. The number of carbonyl (C=O) groups is 5. The highest BCUT2D eigenvalue weighted by Crippen LogP contribution is 2.46. The lowest BCUT2D eigenvalue weighted by molar-refractivity contribution is -0.142. The molecule has 0 radical (unpaired) electrons. The van der Waals surface area contributed by atoms with Crippen molar-refractivity contribution in [2.75, 3.05) is 25.1 Å². The van der Waals surface area contributed by atoms with E-state index in [1.807, 2.05) is 24.3 Å². The van der Waals surface area contributed by atoms with Crippen LogP contribution < -0.4 is 25.4 Å². The second kappa shape index (κ2) is 16.3. The van der Waals surface area contributed by atoms with Gasteiger partial charge in [0.15, 0.2) is 0 Å². The van der Waals surface area contributed by atoms with E-state index in [1.165, 1.54) is 4.90 Å². The summed E-state index contributed by atoms with van der Waals surface area (Å²) in [5.74, 6) is -1.65. The van der Waals surface area contributed by atoms with Crippen LogP contribution in [-0.2, 0) is 38.6 Å². The Morgan fingerprint density at radius 2 is 1.69 bits per heavy atom. The highest BCUT2D eigenvalue weighted by atomic mass is 32.2. The molecule has 16 nitrogen and oxygen atoms in total. The summed E-state index contributed by atoms with van der Waals surface area (Å²) in [5.41, 5.74) is -2.06. The summed E-state index contributed by atoms with van der Waals surface area (Å²) in [4.78, 5) is 69.1. The van der Waals surface area contributed by atoms with Crippen molar-refractivity contribution >= 4 is 45.6 Å². The first-order chi connectivity index (χ1) is 26.1. The monoisotopic (exact) mass is 781 g/mol. The van der Waals surface area contributed by atoms with E-state index in [-0.39, 0.29) is 32.6 Å². The highest BCUT2D eigenvalue weighted by molar-refractivity contribution is 7.91. The van der Waals surface area contributed by atoms with Crippen molar-refractivity contribution in [1.82, 2.24) is 20.3 Å². The molecule has 5 amide bonds. The van der Waals surface area contributed by atoms with Gasteiger partial charge in [-0.3, -0.25) is 24.4 Å². The van der Waals surface area contributed by atoms with Gasteiger partial charge < -0.3 is 34.5 Å². The molecule has 296 valence electrons. The predicted molar refractivity (Wildman–Crippen MR) is 198 cm³/mol. The molecule has 6 rings (SSSR count). The molecule has 0 spiro atoms. The second-order valence-electron chi connectivity index (χ2n) is 15.1. The molecule has 2 aliphatic heterocycles. The van der Waals surface area contributed by atoms with Crippen LogP contribution in [0, 0.1) is 5.92 Å². The molecule has 4 aliphatic rings. The van der Waals surface area contributed by atoms with E-state index in [1.54, 1.807) is 63.2 Å². The first-order valence-electron chi connectivity index (χ1n) is 18.3. The number of ether oxygens (including phenoxy) is 4. The molecule has 4 N–H and O–H groups in total. The van der Waals surface area contributed by atoms with Crippen LogP contribution in [0.25, 0.3) is 0 Å². The second-order valence-corrected chi connectivity index (χ2v) is 17.1. The van der Waals surface area contributed by atoms with Gasteiger partial charge in [-0.15, -0.1) is 0 Å². The van der Waals surface area contributed by atoms with Crippen molar-refractivity contribution in [2.24, 2.45) is 5.92 Å². The number of nitrogens with zero attached hydrogens (tertiary/aromatic N) is 1. The van der Waals surface area contributed by atoms with E-state index >= 15 is 0 Å². The molecule has 0 aromatic heterocycles. The van der Waals surface area contributed by atoms with Crippen LogP contribution in [0.15, 0.2) is 66.7 Å². The smallest absolute Gasteiger partial charge is 0.411 e. The minimum atomic E-state index is -3.93. The fraction of sp³-hybridized carbons (Fsp3) is 0.500. The lowest BCUT2D eigenvalue weighted by Gasteiger charge is -2.30. The summed E-state index contributed by atoms with van der Waals surface area (Å²) in [7, 11) is -3.93. The van der Waals surface area contributed by atoms with Gasteiger partial charge in [-0.05, 0) is 89.3 Å². The zero-order chi connectivity index (χ0) is 39.4. The quantitative estimate of drug-likeness (QED) is 0.284. The Kier molecular flexibility index (Phi) is 11.7. The molecule has 2 heterocycles. The normalized spacial score (nSPS) is 26.4. The highest BCUT2D eigenvalue weighted by Gasteiger charge is 2.62. The molecule has 5 atom stereocenters. The number of amides is 5. The van der Waals surface area contributed by atoms with Gasteiger partial charge in [0.05, 0.1) is 18.4 Å². The zero-order valence-corrected chi connectivity index (χ0v) is 31.8. The van der Waals surface area contributed by atoms with Crippen LogP contribution in [0.3, 0.4) is 0 Å². The maximum Gasteiger partial charge on any atom is 0.411 e. The first-order valence-corrected chi connectivity index (χ1v) is 19.9. The fourth-order valence-electron chi connectivity index (χ4n) is 6.46. The van der Waals surface area contributed by atoms with Crippen molar-refractivity contribution in [3.63, 3.8) is 0 Å². The average Bonchev–Trinajstić information content (AvgIpc) is 4.04. The molecule has 1 saturated heterocycles. The molecule has 3 fully saturated rings. The van der Waals surface area contributed by atoms with Crippen LogP contribution in [0.2, 0.25) is 0 Å². The number of allylic oxidation sites excluding steroid dienone is 1. The number of anilines is 1. The van der Waals surface area contributed by atoms with Crippen molar-refractivity contribution < 1.29 is 51.3 Å². The summed E-state index contributed by atoms with van der Waals surface area (Å²) in [5, 5.41) is 7.29. The van der Waals surface area contributed by atoms with Crippen molar-refractivity contribution in [1.29, 1.82) is 0 Å². The molecule has 2 saturated carbocycles. The summed E-state index contributed by atoms with van der Waals surface area (Å²) in [6, 6.07) is 13.2. The number of hydrogen-bond acceptors (Lipinski definition) is 11. The fourth-order valence-corrected chi connectivity index (χ4v) is 7.82. The largest absolute Gasteiger partial charge is 0.457 e. The lowest BCUT2D eigenvalue weighted by Crippen LogP contribution is -2.59. The molecular weight excluding hydrogens is 735 g/mol. The van der Waals surface area contributed by atoms with E-state index in [9.17, 15) is 32.4 Å². The van der Waals surface area contributed by atoms with Crippen LogP contribution in [0.1, 0.15) is 59.3 Å². The van der Waals surface area contributed by atoms with Gasteiger partial charge in [-0.25, -0.2) is 18.0 Å². The van der Waals surface area contributed by atoms with Crippen molar-refractivity contribution in [3.8, 4) is 11.5 Å². The molecule has 2 aromatic carbocycles. The lowest BCUT2D eigenvalue weighted by atomic mass is 10.1. The predicted octanol–water partition coefficient (Wildman–Crippen LogP) is 3.74. The third-order valence-electron chi connectivity index (χ3n) is 9.47. The number of alkyl carbamates (subject to hydrolysis) is 1. The molecule has 55 heavy (non-hydrogen) atoms. The van der Waals surface area contributed by atoms with E-state index < -0.39 is 80.4 Å². The molecule has 2 aliphatic carbocycles. The Morgan fingerprint density at radius 3 is 2.38 bits per heavy atom. The molecule has 0 unspecified atom stereocenters. The maximum absolute atomic E-state index is 14.2. The first kappa shape index (κ1) is 39.5. The summed E-state index contributed by atoms with van der Waals surface area (Å²) >= 11 is 0. The Hall–Kier alpha value is -5.16. The van der Waals surface area contributed by atoms with Gasteiger partial charge in [0.25, 0.3) is 5.91 Å². The van der Waals surface area contributed by atoms with Gasteiger partial charge in [0.2, 0.25) is 21.8 Å². The average molecular weight is 782 g/mol. The minimum absolute atomic E-state index is 0.138. The van der Waals surface area contributed by atoms with Gasteiger partial charge in [0.1, 0.15) is 40.8 Å². The van der Waals surface area contributed by atoms with Gasteiger partial charge in [-0.2, -0.15) is 0 Å². The number of sulfonamides is 1. The Labute approximate surface area is 319 Å². The van der Waals surface area contributed by atoms with Crippen LogP contribution in [0.5, 0.6) is 11.5 Å². The topological polar surface area (TPSA) is 208 Å². The van der Waals surface area contributed by atoms with Gasteiger partial charge in [0, 0.05) is 24.6 Å². The summed E-state index contributed by atoms with van der Waals surface area (Å²) in [6.45, 7) is 4.76. The number of hydrogen-bond donors (Lipinski definition) is 4. The third kappa shape index (κ3) is 10.3. The van der Waals surface area contributed by atoms with Gasteiger partial charge in [-0.1, -0.05) is 30.4 Å². The Balaban J connectivity index is 1.20. The maximum atomic E-state index is 14.2. The number of rotatable bonds is 8. The zero-order valence-electron chi connectivity index (χ0n) is 30.9. The van der Waals surface area contributed by atoms with Crippen LogP contribution in [0.4, 0.5) is 15.3 Å². The Morgan fingerprint density at radius 1 is 0.982 bits per heavy atom. The minimum Gasteiger partial charge on any atom is -0.457 e.